The normalized spacial score (nSPS) is 52.0. The van der Waals surface area contributed by atoms with E-state index in [-0.39, 0.29) is 16.9 Å². The Hall–Kier alpha value is -0.890. The molecule has 21 heavy (non-hydrogen) atoms. The average molecular weight is 286 g/mol. The van der Waals surface area contributed by atoms with Gasteiger partial charge in [0.25, 0.3) is 0 Å². The van der Waals surface area contributed by atoms with E-state index in [1.807, 2.05) is 6.08 Å². The van der Waals surface area contributed by atoms with Gasteiger partial charge in [-0.05, 0) is 72.3 Å². The number of allylic oxidation sites excluding steroid dienone is 4. The predicted molar refractivity (Wildman–Crippen MR) is 82.6 cm³/mol. The van der Waals surface area contributed by atoms with E-state index >= 15 is 0 Å². The van der Waals surface area contributed by atoms with Crippen LogP contribution in [0.3, 0.4) is 0 Å². The Balaban J connectivity index is 1.75. The summed E-state index contributed by atoms with van der Waals surface area (Å²) in [7, 11) is 0. The van der Waals surface area contributed by atoms with Crippen LogP contribution in [0.25, 0.3) is 0 Å². The lowest BCUT2D eigenvalue weighted by atomic mass is 9.49. The van der Waals surface area contributed by atoms with Crippen molar-refractivity contribution in [3.63, 3.8) is 0 Å². The van der Waals surface area contributed by atoms with E-state index in [1.165, 1.54) is 12.0 Å². The number of ketones is 1. The molecule has 0 aromatic carbocycles. The minimum absolute atomic E-state index is 0.116. The molecule has 4 aliphatic carbocycles. The average Bonchev–Trinajstić information content (AvgIpc) is 2.76. The highest BCUT2D eigenvalue weighted by molar-refractivity contribution is 5.92. The van der Waals surface area contributed by atoms with Crippen LogP contribution in [0, 0.1) is 28.6 Å². The summed E-state index contributed by atoms with van der Waals surface area (Å²) in [6.45, 7) is 4.68. The molecular weight excluding hydrogens is 260 g/mol. The highest BCUT2D eigenvalue weighted by Gasteiger charge is 2.57. The molecule has 4 aliphatic rings. The first-order valence-corrected chi connectivity index (χ1v) is 8.56. The first kappa shape index (κ1) is 13.8. The smallest absolute Gasteiger partial charge is 0.156 e. The molecule has 0 radical (unpaired) electrons. The largest absolute Gasteiger partial charge is 0.393 e. The molecule has 2 heteroatoms. The maximum absolute atomic E-state index is 11.8. The summed E-state index contributed by atoms with van der Waals surface area (Å²) in [5.74, 6) is 2.17. The molecule has 1 N–H and O–H groups in total. The number of rotatable bonds is 0. The zero-order valence-electron chi connectivity index (χ0n) is 13.1. The molecule has 4 rings (SSSR count). The Labute approximate surface area is 127 Å². The molecular formula is C19H26O2. The van der Waals surface area contributed by atoms with Crippen LogP contribution in [0.1, 0.15) is 52.4 Å². The van der Waals surface area contributed by atoms with Crippen molar-refractivity contribution in [1.29, 1.82) is 0 Å². The predicted octanol–water partition coefficient (Wildman–Crippen LogP) is 3.66. The Morgan fingerprint density at radius 2 is 1.95 bits per heavy atom. The van der Waals surface area contributed by atoms with E-state index in [0.717, 1.165) is 25.7 Å². The van der Waals surface area contributed by atoms with E-state index in [0.29, 0.717) is 30.0 Å². The topological polar surface area (TPSA) is 37.3 Å². The maximum Gasteiger partial charge on any atom is 0.156 e. The monoisotopic (exact) mass is 286 g/mol. The zero-order chi connectivity index (χ0) is 14.8. The third kappa shape index (κ3) is 1.72. The van der Waals surface area contributed by atoms with Crippen LogP contribution in [0.4, 0.5) is 0 Å². The van der Waals surface area contributed by atoms with Gasteiger partial charge in [0.15, 0.2) is 5.78 Å². The van der Waals surface area contributed by atoms with E-state index < -0.39 is 0 Å². The number of aliphatic hydroxyl groups is 1. The van der Waals surface area contributed by atoms with Gasteiger partial charge in [0.05, 0.1) is 6.10 Å². The van der Waals surface area contributed by atoms with Gasteiger partial charge in [-0.1, -0.05) is 26.0 Å². The van der Waals surface area contributed by atoms with Crippen LogP contribution < -0.4 is 0 Å². The maximum atomic E-state index is 11.8. The highest BCUT2D eigenvalue weighted by atomic mass is 16.3. The van der Waals surface area contributed by atoms with E-state index in [4.69, 9.17) is 0 Å². The third-order valence-corrected chi connectivity index (χ3v) is 7.47. The summed E-state index contributed by atoms with van der Waals surface area (Å²) >= 11 is 0. The van der Waals surface area contributed by atoms with Crippen LogP contribution in [0.5, 0.6) is 0 Å². The second kappa shape index (κ2) is 4.32. The van der Waals surface area contributed by atoms with Gasteiger partial charge in [-0.2, -0.15) is 0 Å². The van der Waals surface area contributed by atoms with Crippen molar-refractivity contribution >= 4 is 5.78 Å². The standard InChI is InChI=1S/C19H26O2/c1-18-9-7-13(20)11-12(18)3-4-14-15-5-6-17(21)19(15,2)10-8-16(14)18/h3-4,11,14-17,21H,5-10H2,1-2H3/t14-,15-,16-,17-,18+,19-/m0/s1. The van der Waals surface area contributed by atoms with E-state index in [2.05, 4.69) is 26.0 Å². The Morgan fingerprint density at radius 1 is 1.14 bits per heavy atom. The Kier molecular flexibility index (Phi) is 2.83. The lowest BCUT2D eigenvalue weighted by Gasteiger charge is -2.55. The van der Waals surface area contributed by atoms with Crippen LogP contribution in [-0.2, 0) is 4.79 Å². The van der Waals surface area contributed by atoms with Crippen molar-refractivity contribution in [2.24, 2.45) is 28.6 Å². The summed E-state index contributed by atoms with van der Waals surface area (Å²) in [6, 6.07) is 0. The molecule has 0 aliphatic heterocycles. The lowest BCUT2D eigenvalue weighted by Crippen LogP contribution is -2.49. The SMILES string of the molecule is C[C@]12CC[C@H]3[C@@H](C=CC4=CC(=O)CC[C@]43C)[C@@H]1CC[C@@H]2O. The van der Waals surface area contributed by atoms with Crippen LogP contribution in [0.2, 0.25) is 0 Å². The number of carbonyl (C=O) groups is 1. The fraction of sp³-hybridized carbons (Fsp3) is 0.737. The van der Waals surface area contributed by atoms with Gasteiger partial charge in [-0.15, -0.1) is 0 Å². The molecule has 0 heterocycles. The van der Waals surface area contributed by atoms with Gasteiger partial charge in [0.2, 0.25) is 0 Å². The molecule has 0 unspecified atom stereocenters. The van der Waals surface area contributed by atoms with Crippen LogP contribution >= 0.6 is 0 Å². The molecule has 0 spiro atoms. The van der Waals surface area contributed by atoms with E-state index in [1.54, 1.807) is 0 Å². The first-order chi connectivity index (χ1) is 9.95. The van der Waals surface area contributed by atoms with Gasteiger partial charge in [-0.3, -0.25) is 4.79 Å². The second-order valence-corrected chi connectivity index (χ2v) is 8.27. The van der Waals surface area contributed by atoms with Gasteiger partial charge in [0.1, 0.15) is 0 Å². The molecule has 0 aromatic rings. The minimum Gasteiger partial charge on any atom is -0.393 e. The molecule has 0 aromatic heterocycles. The molecule has 0 bridgehead atoms. The number of hydrogen-bond acceptors (Lipinski definition) is 2. The van der Waals surface area contributed by atoms with Gasteiger partial charge in [-0.25, -0.2) is 0 Å². The summed E-state index contributed by atoms with van der Waals surface area (Å²) < 4.78 is 0. The number of hydrogen-bond donors (Lipinski definition) is 1. The van der Waals surface area contributed by atoms with Gasteiger partial charge < -0.3 is 5.11 Å². The summed E-state index contributed by atoms with van der Waals surface area (Å²) in [4.78, 5) is 11.8. The highest BCUT2D eigenvalue weighted by Crippen LogP contribution is 2.63. The summed E-state index contributed by atoms with van der Waals surface area (Å²) in [5, 5.41) is 10.4. The lowest BCUT2D eigenvalue weighted by molar-refractivity contribution is -0.116. The summed E-state index contributed by atoms with van der Waals surface area (Å²) in [5.41, 5.74) is 1.57. The van der Waals surface area contributed by atoms with Crippen molar-refractivity contribution in [3.8, 4) is 0 Å². The summed E-state index contributed by atoms with van der Waals surface area (Å²) in [6.07, 6.45) is 12.6. The van der Waals surface area contributed by atoms with Crippen LogP contribution in [0.15, 0.2) is 23.8 Å². The molecule has 2 saturated carbocycles. The van der Waals surface area contributed by atoms with Crippen molar-refractivity contribution in [2.75, 3.05) is 0 Å². The van der Waals surface area contributed by atoms with Gasteiger partial charge >= 0.3 is 0 Å². The first-order valence-electron chi connectivity index (χ1n) is 8.56. The van der Waals surface area contributed by atoms with Crippen LogP contribution in [-0.4, -0.2) is 17.0 Å². The minimum atomic E-state index is -0.116. The number of aliphatic hydroxyl groups excluding tert-OH is 1. The fourth-order valence-electron chi connectivity index (χ4n) is 5.97. The molecule has 0 amide bonds. The molecule has 114 valence electrons. The fourth-order valence-corrected chi connectivity index (χ4v) is 5.97. The van der Waals surface area contributed by atoms with E-state index in [9.17, 15) is 9.90 Å². The molecule has 2 fully saturated rings. The quantitative estimate of drug-likeness (QED) is 0.738. The number of carbonyl (C=O) groups excluding carboxylic acids is 1. The Morgan fingerprint density at radius 3 is 2.76 bits per heavy atom. The van der Waals surface area contributed by atoms with Crippen molar-refractivity contribution in [3.05, 3.63) is 23.8 Å². The third-order valence-electron chi connectivity index (χ3n) is 7.47. The Bertz CT molecular complexity index is 546. The van der Waals surface area contributed by atoms with Gasteiger partial charge in [0, 0.05) is 6.42 Å². The number of fused-ring (bicyclic) bond motifs is 5. The van der Waals surface area contributed by atoms with Crippen molar-refractivity contribution < 1.29 is 9.90 Å². The zero-order valence-corrected chi connectivity index (χ0v) is 13.1. The second-order valence-electron chi connectivity index (χ2n) is 8.27. The molecule has 0 saturated heterocycles. The van der Waals surface area contributed by atoms with Crippen molar-refractivity contribution in [2.45, 2.75) is 58.5 Å². The molecule has 2 nitrogen and oxygen atoms in total. The molecule has 6 atom stereocenters. The van der Waals surface area contributed by atoms with Crippen molar-refractivity contribution in [1.82, 2.24) is 0 Å².